The number of nitrogens with zero attached hydrogens (tertiary/aromatic N) is 2. The lowest BCUT2D eigenvalue weighted by molar-refractivity contribution is 0.0814. The molecule has 1 rings (SSSR count). The molecule has 1 aromatic rings. The van der Waals surface area contributed by atoms with Crippen LogP contribution in [0.2, 0.25) is 0 Å². The zero-order valence-corrected chi connectivity index (χ0v) is 10.3. The Bertz CT molecular complexity index is 325. The van der Waals surface area contributed by atoms with Crippen LogP contribution >= 0.6 is 11.3 Å². The molecule has 0 fully saturated rings. The number of alkyl halides is 2. The number of ether oxygens (including phenoxy) is 1. The second-order valence-corrected chi connectivity index (χ2v) is 5.29. The highest BCUT2D eigenvalue weighted by atomic mass is 32.1. The number of hydrogen-bond donors (Lipinski definition) is 1. The highest BCUT2D eigenvalue weighted by molar-refractivity contribution is 7.13. The number of halogens is 2. The normalized spacial score (nSPS) is 12.1. The Hall–Kier alpha value is -0.820. The second kappa shape index (κ2) is 5.49. The van der Waals surface area contributed by atoms with E-state index in [2.05, 4.69) is 15.5 Å². The molecule has 16 heavy (non-hydrogen) atoms. The van der Waals surface area contributed by atoms with Gasteiger partial charge in [-0.05, 0) is 20.8 Å². The van der Waals surface area contributed by atoms with Gasteiger partial charge < -0.3 is 10.1 Å². The maximum absolute atomic E-state index is 11.9. The molecule has 0 aliphatic carbocycles. The van der Waals surface area contributed by atoms with Gasteiger partial charge in [0.25, 0.3) is 11.6 Å². The molecule has 0 aliphatic heterocycles. The zero-order chi connectivity index (χ0) is 12.2. The molecule has 0 amide bonds. The fraction of sp³-hybridized carbons (Fsp3) is 0.778. The molecule has 92 valence electrons. The number of aromatic nitrogens is 2. The van der Waals surface area contributed by atoms with Crippen LogP contribution in [0.1, 0.15) is 25.8 Å². The third-order valence-electron chi connectivity index (χ3n) is 1.55. The Morgan fingerprint density at radius 1 is 1.38 bits per heavy atom. The molecule has 0 radical (unpaired) electrons. The lowest BCUT2D eigenvalue weighted by Gasteiger charge is -2.19. The summed E-state index contributed by atoms with van der Waals surface area (Å²) >= 11 is 1.18. The Kier molecular flexibility index (Phi) is 4.55. The van der Waals surface area contributed by atoms with Gasteiger partial charge in [0.1, 0.15) is 5.01 Å². The molecule has 0 unspecified atom stereocenters. The minimum Gasteiger partial charge on any atom is -0.463 e. The molecule has 0 spiro atoms. The first-order valence-corrected chi connectivity index (χ1v) is 5.67. The summed E-state index contributed by atoms with van der Waals surface area (Å²) in [5.74, 6) is 0. The van der Waals surface area contributed by atoms with Crippen LogP contribution in [0, 0.1) is 0 Å². The van der Waals surface area contributed by atoms with E-state index in [4.69, 9.17) is 4.74 Å². The molecule has 7 heteroatoms. The van der Waals surface area contributed by atoms with Gasteiger partial charge in [-0.15, -0.1) is 10.2 Å². The summed E-state index contributed by atoms with van der Waals surface area (Å²) in [4.78, 5) is 0. The van der Waals surface area contributed by atoms with Crippen molar-refractivity contribution >= 4 is 11.3 Å². The van der Waals surface area contributed by atoms with E-state index in [1.165, 1.54) is 11.3 Å². The van der Waals surface area contributed by atoms with Gasteiger partial charge in [-0.25, -0.2) is 8.78 Å². The van der Waals surface area contributed by atoms with Crippen LogP contribution in [0.4, 0.5) is 8.78 Å². The van der Waals surface area contributed by atoms with Crippen LogP contribution in [-0.4, -0.2) is 28.8 Å². The standard InChI is InChI=1S/C9H15F2N3OS/c1-9(2,3)12-4-7-13-14-8(16-7)15-5-6(10)11/h6,12H,4-5H2,1-3H3. The van der Waals surface area contributed by atoms with Crippen molar-refractivity contribution in [2.45, 2.75) is 39.3 Å². The van der Waals surface area contributed by atoms with Crippen LogP contribution in [0.5, 0.6) is 5.19 Å². The molecule has 0 saturated heterocycles. The van der Waals surface area contributed by atoms with Crippen molar-refractivity contribution in [1.29, 1.82) is 0 Å². The molecule has 1 aromatic heterocycles. The summed E-state index contributed by atoms with van der Waals surface area (Å²) in [6.45, 7) is 6.01. The van der Waals surface area contributed by atoms with Gasteiger partial charge >= 0.3 is 0 Å². The number of hydrogen-bond acceptors (Lipinski definition) is 5. The number of rotatable bonds is 5. The van der Waals surface area contributed by atoms with Gasteiger partial charge in [-0.3, -0.25) is 0 Å². The van der Waals surface area contributed by atoms with E-state index in [-0.39, 0.29) is 10.7 Å². The molecule has 0 aliphatic rings. The van der Waals surface area contributed by atoms with Crippen LogP contribution in [0.25, 0.3) is 0 Å². The van der Waals surface area contributed by atoms with Crippen LogP contribution in [0.15, 0.2) is 0 Å². The molecule has 1 N–H and O–H groups in total. The Morgan fingerprint density at radius 3 is 2.62 bits per heavy atom. The van der Waals surface area contributed by atoms with Crippen LogP contribution in [0.3, 0.4) is 0 Å². The van der Waals surface area contributed by atoms with E-state index in [1.54, 1.807) is 0 Å². The SMILES string of the molecule is CC(C)(C)NCc1nnc(OCC(F)F)s1. The van der Waals surface area contributed by atoms with Crippen molar-refractivity contribution in [3.05, 3.63) is 5.01 Å². The van der Waals surface area contributed by atoms with Crippen molar-refractivity contribution in [2.24, 2.45) is 0 Å². The second-order valence-electron chi connectivity index (χ2n) is 4.27. The Balaban J connectivity index is 2.39. The van der Waals surface area contributed by atoms with Crippen molar-refractivity contribution in [3.63, 3.8) is 0 Å². The van der Waals surface area contributed by atoms with E-state index >= 15 is 0 Å². The molecule has 1 heterocycles. The summed E-state index contributed by atoms with van der Waals surface area (Å²) in [7, 11) is 0. The molecule has 4 nitrogen and oxygen atoms in total. The molecule has 0 aromatic carbocycles. The lowest BCUT2D eigenvalue weighted by atomic mass is 10.1. The average Bonchev–Trinajstić information content (AvgIpc) is 2.58. The first-order valence-electron chi connectivity index (χ1n) is 4.85. The van der Waals surface area contributed by atoms with E-state index < -0.39 is 13.0 Å². The maximum atomic E-state index is 11.9. The smallest absolute Gasteiger partial charge is 0.294 e. The highest BCUT2D eigenvalue weighted by Crippen LogP contribution is 2.18. The molecule has 0 bridgehead atoms. The van der Waals surface area contributed by atoms with E-state index in [0.717, 1.165) is 5.01 Å². The van der Waals surface area contributed by atoms with Crippen molar-refractivity contribution in [1.82, 2.24) is 15.5 Å². The third kappa shape index (κ3) is 5.32. The monoisotopic (exact) mass is 251 g/mol. The summed E-state index contributed by atoms with van der Waals surface area (Å²) in [6.07, 6.45) is -2.49. The van der Waals surface area contributed by atoms with Crippen LogP contribution < -0.4 is 10.1 Å². The summed E-state index contributed by atoms with van der Waals surface area (Å²) in [6, 6.07) is 0. The van der Waals surface area contributed by atoms with Crippen molar-refractivity contribution < 1.29 is 13.5 Å². The molecular formula is C9H15F2N3OS. The first-order chi connectivity index (χ1) is 7.37. The van der Waals surface area contributed by atoms with Gasteiger partial charge in [-0.2, -0.15) is 0 Å². The van der Waals surface area contributed by atoms with Gasteiger partial charge in [0.2, 0.25) is 0 Å². The Labute approximate surface area is 97.0 Å². The summed E-state index contributed by atoms with van der Waals surface area (Å²) < 4.78 is 28.4. The van der Waals surface area contributed by atoms with Crippen LogP contribution in [-0.2, 0) is 6.54 Å². The molecule has 0 atom stereocenters. The number of nitrogens with one attached hydrogen (secondary N) is 1. The topological polar surface area (TPSA) is 47.0 Å². The van der Waals surface area contributed by atoms with E-state index in [1.807, 2.05) is 20.8 Å². The predicted octanol–water partition coefficient (Wildman–Crippen LogP) is 2.07. The molecular weight excluding hydrogens is 236 g/mol. The largest absolute Gasteiger partial charge is 0.463 e. The van der Waals surface area contributed by atoms with E-state index in [0.29, 0.717) is 6.54 Å². The van der Waals surface area contributed by atoms with Gasteiger partial charge in [0, 0.05) is 5.54 Å². The van der Waals surface area contributed by atoms with E-state index in [9.17, 15) is 8.78 Å². The van der Waals surface area contributed by atoms with Gasteiger partial charge in [0.05, 0.1) is 6.54 Å². The minimum atomic E-state index is -2.49. The third-order valence-corrected chi connectivity index (χ3v) is 2.39. The fourth-order valence-corrected chi connectivity index (χ4v) is 1.48. The fourth-order valence-electron chi connectivity index (χ4n) is 0.843. The molecule has 0 saturated carbocycles. The summed E-state index contributed by atoms with van der Waals surface area (Å²) in [5.41, 5.74) is -0.0182. The van der Waals surface area contributed by atoms with Crippen molar-refractivity contribution in [2.75, 3.05) is 6.61 Å². The summed E-state index contributed by atoms with van der Waals surface area (Å²) in [5, 5.41) is 11.6. The predicted molar refractivity (Wildman–Crippen MR) is 58.0 cm³/mol. The highest BCUT2D eigenvalue weighted by Gasteiger charge is 2.12. The quantitative estimate of drug-likeness (QED) is 0.870. The minimum absolute atomic E-state index is 0.0182. The van der Waals surface area contributed by atoms with Gasteiger partial charge in [0.15, 0.2) is 6.61 Å². The maximum Gasteiger partial charge on any atom is 0.294 e. The first kappa shape index (κ1) is 13.2. The lowest BCUT2D eigenvalue weighted by Crippen LogP contribution is -2.35. The zero-order valence-electron chi connectivity index (χ0n) is 9.46. The van der Waals surface area contributed by atoms with Gasteiger partial charge in [-0.1, -0.05) is 11.3 Å². The van der Waals surface area contributed by atoms with Crippen molar-refractivity contribution in [3.8, 4) is 5.19 Å². The average molecular weight is 251 g/mol. The Morgan fingerprint density at radius 2 is 2.06 bits per heavy atom.